The first-order valence-electron chi connectivity index (χ1n) is 5.64. The van der Waals surface area contributed by atoms with Gasteiger partial charge in [-0.3, -0.25) is 4.72 Å². The summed E-state index contributed by atoms with van der Waals surface area (Å²) in [6.07, 6.45) is 0. The number of aromatic hydroxyl groups is 1. The molecular weight excluding hydrogens is 318 g/mol. The predicted octanol–water partition coefficient (Wildman–Crippen LogP) is 2.54. The molecule has 6 nitrogen and oxygen atoms in total. The van der Waals surface area contributed by atoms with Gasteiger partial charge in [-0.1, -0.05) is 17.7 Å². The van der Waals surface area contributed by atoms with Crippen molar-refractivity contribution in [3.8, 4) is 5.75 Å². The van der Waals surface area contributed by atoms with Gasteiger partial charge in [-0.15, -0.1) is 0 Å². The normalized spacial score (nSPS) is 11.1. The minimum absolute atomic E-state index is 0.104. The fraction of sp³-hybridized carbons (Fsp3) is 0. The van der Waals surface area contributed by atoms with E-state index in [4.69, 9.17) is 16.7 Å². The minimum atomic E-state index is -4.07. The van der Waals surface area contributed by atoms with Gasteiger partial charge in [-0.25, -0.2) is 13.2 Å². The van der Waals surface area contributed by atoms with Gasteiger partial charge in [0.05, 0.1) is 16.3 Å². The lowest BCUT2D eigenvalue weighted by atomic mass is 10.2. The van der Waals surface area contributed by atoms with Gasteiger partial charge in [0.15, 0.2) is 0 Å². The lowest BCUT2D eigenvalue weighted by Gasteiger charge is -2.10. The second-order valence-electron chi connectivity index (χ2n) is 4.11. The number of hydrogen-bond acceptors (Lipinski definition) is 4. The number of rotatable bonds is 4. The standard InChI is InChI=1S/C13H10ClNO5S/c14-11-5-4-8(13(17)18)6-12(11)21(19,20)15-9-2-1-3-10(16)7-9/h1-7,15-16H,(H,17,18). The fourth-order valence-electron chi connectivity index (χ4n) is 1.62. The van der Waals surface area contributed by atoms with Crippen molar-refractivity contribution < 1.29 is 23.4 Å². The van der Waals surface area contributed by atoms with E-state index in [9.17, 15) is 18.3 Å². The van der Waals surface area contributed by atoms with Crippen LogP contribution in [-0.2, 0) is 10.0 Å². The minimum Gasteiger partial charge on any atom is -0.508 e. The van der Waals surface area contributed by atoms with Gasteiger partial charge in [-0.05, 0) is 30.3 Å². The van der Waals surface area contributed by atoms with E-state index in [2.05, 4.69) is 4.72 Å². The van der Waals surface area contributed by atoms with Crippen LogP contribution in [0, 0.1) is 0 Å². The number of nitrogens with one attached hydrogen (secondary N) is 1. The Morgan fingerprint density at radius 3 is 2.48 bits per heavy atom. The molecular formula is C13H10ClNO5S. The van der Waals surface area contributed by atoms with Crippen molar-refractivity contribution in [3.05, 3.63) is 53.1 Å². The van der Waals surface area contributed by atoms with Crippen molar-refractivity contribution in [1.29, 1.82) is 0 Å². The third-order valence-corrected chi connectivity index (χ3v) is 4.43. The van der Waals surface area contributed by atoms with Crippen molar-refractivity contribution in [2.45, 2.75) is 4.90 Å². The van der Waals surface area contributed by atoms with E-state index in [1.807, 2.05) is 0 Å². The number of phenolic OH excluding ortho intramolecular Hbond substituents is 1. The average Bonchev–Trinajstić information content (AvgIpc) is 2.38. The molecule has 0 aliphatic rings. The van der Waals surface area contributed by atoms with Gasteiger partial charge in [0.1, 0.15) is 10.6 Å². The third-order valence-electron chi connectivity index (χ3n) is 2.57. The fourth-order valence-corrected chi connectivity index (χ4v) is 3.20. The monoisotopic (exact) mass is 327 g/mol. The lowest BCUT2D eigenvalue weighted by Crippen LogP contribution is -2.14. The number of carboxylic acids is 1. The Kier molecular flexibility index (Phi) is 4.06. The lowest BCUT2D eigenvalue weighted by molar-refractivity contribution is 0.0696. The summed E-state index contributed by atoms with van der Waals surface area (Å²) in [6.45, 7) is 0. The van der Waals surface area contributed by atoms with E-state index in [0.717, 1.165) is 6.07 Å². The average molecular weight is 328 g/mol. The van der Waals surface area contributed by atoms with E-state index < -0.39 is 16.0 Å². The van der Waals surface area contributed by atoms with Gasteiger partial charge in [-0.2, -0.15) is 0 Å². The van der Waals surface area contributed by atoms with Crippen LogP contribution in [0.1, 0.15) is 10.4 Å². The molecule has 0 aliphatic carbocycles. The summed E-state index contributed by atoms with van der Waals surface area (Å²) in [6, 6.07) is 8.87. The highest BCUT2D eigenvalue weighted by Crippen LogP contribution is 2.26. The Morgan fingerprint density at radius 2 is 1.86 bits per heavy atom. The van der Waals surface area contributed by atoms with Crippen molar-refractivity contribution in [1.82, 2.24) is 0 Å². The first-order valence-corrected chi connectivity index (χ1v) is 7.50. The molecule has 2 rings (SSSR count). The number of phenols is 1. The molecule has 110 valence electrons. The van der Waals surface area contributed by atoms with E-state index in [1.165, 1.54) is 36.4 Å². The molecule has 0 saturated carbocycles. The Morgan fingerprint density at radius 1 is 1.14 bits per heavy atom. The summed E-state index contributed by atoms with van der Waals surface area (Å²) in [4.78, 5) is 10.5. The first-order chi connectivity index (χ1) is 9.79. The van der Waals surface area contributed by atoms with Gasteiger partial charge >= 0.3 is 5.97 Å². The molecule has 0 spiro atoms. The van der Waals surface area contributed by atoms with E-state index in [-0.39, 0.29) is 26.9 Å². The van der Waals surface area contributed by atoms with Crippen molar-refractivity contribution in [2.24, 2.45) is 0 Å². The molecule has 2 aromatic carbocycles. The summed E-state index contributed by atoms with van der Waals surface area (Å²) >= 11 is 5.82. The van der Waals surface area contributed by atoms with Crippen LogP contribution in [0.5, 0.6) is 5.75 Å². The number of carbonyl (C=O) groups is 1. The molecule has 0 radical (unpaired) electrons. The molecule has 8 heteroatoms. The van der Waals surface area contributed by atoms with Crippen LogP contribution in [0.25, 0.3) is 0 Å². The van der Waals surface area contributed by atoms with Gasteiger partial charge in [0.25, 0.3) is 10.0 Å². The molecule has 0 unspecified atom stereocenters. The number of benzene rings is 2. The molecule has 2 aromatic rings. The Hall–Kier alpha value is -2.25. The SMILES string of the molecule is O=C(O)c1ccc(Cl)c(S(=O)(=O)Nc2cccc(O)c2)c1. The van der Waals surface area contributed by atoms with E-state index in [0.29, 0.717) is 0 Å². The van der Waals surface area contributed by atoms with Gasteiger partial charge in [0.2, 0.25) is 0 Å². The number of hydrogen-bond donors (Lipinski definition) is 3. The summed E-state index contributed by atoms with van der Waals surface area (Å²) in [5.74, 6) is -1.37. The summed E-state index contributed by atoms with van der Waals surface area (Å²) in [5.41, 5.74) is -0.0671. The van der Waals surface area contributed by atoms with Gasteiger partial charge < -0.3 is 10.2 Å². The molecule has 0 heterocycles. The smallest absolute Gasteiger partial charge is 0.335 e. The molecule has 0 aromatic heterocycles. The second-order valence-corrected chi connectivity index (χ2v) is 6.16. The third kappa shape index (κ3) is 3.45. The van der Waals surface area contributed by atoms with E-state index in [1.54, 1.807) is 0 Å². The first kappa shape index (κ1) is 15.1. The molecule has 0 saturated heterocycles. The molecule has 0 bridgehead atoms. The Balaban J connectivity index is 2.44. The highest BCUT2D eigenvalue weighted by atomic mass is 35.5. The summed E-state index contributed by atoms with van der Waals surface area (Å²) < 4.78 is 26.7. The zero-order chi connectivity index (χ0) is 15.6. The maximum Gasteiger partial charge on any atom is 0.335 e. The number of carboxylic acid groups (broad SMARTS) is 1. The van der Waals surface area contributed by atoms with E-state index >= 15 is 0 Å². The van der Waals surface area contributed by atoms with Crippen LogP contribution in [-0.4, -0.2) is 24.6 Å². The van der Waals surface area contributed by atoms with Crippen molar-refractivity contribution in [2.75, 3.05) is 4.72 Å². The summed E-state index contributed by atoms with van der Waals surface area (Å²) in [5, 5.41) is 18.1. The van der Waals surface area contributed by atoms with Crippen LogP contribution >= 0.6 is 11.6 Å². The van der Waals surface area contributed by atoms with Crippen LogP contribution in [0.3, 0.4) is 0 Å². The van der Waals surface area contributed by atoms with Crippen molar-refractivity contribution >= 4 is 33.3 Å². The highest BCUT2D eigenvalue weighted by Gasteiger charge is 2.20. The van der Waals surface area contributed by atoms with Crippen LogP contribution < -0.4 is 4.72 Å². The summed E-state index contributed by atoms with van der Waals surface area (Å²) in [7, 11) is -4.07. The quantitative estimate of drug-likeness (QED) is 0.800. The Bertz CT molecular complexity index is 804. The second kappa shape index (κ2) is 5.63. The largest absolute Gasteiger partial charge is 0.508 e. The molecule has 0 atom stereocenters. The maximum absolute atomic E-state index is 12.2. The predicted molar refractivity (Wildman–Crippen MR) is 77.3 cm³/mol. The zero-order valence-electron chi connectivity index (χ0n) is 10.4. The van der Waals surface area contributed by atoms with Gasteiger partial charge in [0, 0.05) is 6.07 Å². The number of sulfonamides is 1. The molecule has 21 heavy (non-hydrogen) atoms. The maximum atomic E-state index is 12.2. The highest BCUT2D eigenvalue weighted by molar-refractivity contribution is 7.92. The topological polar surface area (TPSA) is 104 Å². The molecule has 3 N–H and O–H groups in total. The molecule has 0 fully saturated rings. The van der Waals surface area contributed by atoms with Crippen LogP contribution in [0.4, 0.5) is 5.69 Å². The van der Waals surface area contributed by atoms with Crippen molar-refractivity contribution in [3.63, 3.8) is 0 Å². The molecule has 0 aliphatic heterocycles. The number of aromatic carboxylic acids is 1. The Labute approximate surface area is 125 Å². The molecule has 0 amide bonds. The van der Waals surface area contributed by atoms with Crippen LogP contribution in [0.2, 0.25) is 5.02 Å². The number of halogens is 1. The van der Waals surface area contributed by atoms with Crippen LogP contribution in [0.15, 0.2) is 47.4 Å². The zero-order valence-corrected chi connectivity index (χ0v) is 12.0. The number of anilines is 1.